The largest absolute Gasteiger partial charge is 0.491 e. The quantitative estimate of drug-likeness (QED) is 0.804. The third-order valence-electron chi connectivity index (χ3n) is 2.98. The van der Waals surface area contributed by atoms with Crippen molar-refractivity contribution in [1.29, 1.82) is 0 Å². The molecule has 0 aliphatic rings. The molecule has 0 aliphatic heterocycles. The number of carbonyl (C=O) groups excluding carboxylic acids is 1. The van der Waals surface area contributed by atoms with Gasteiger partial charge in [0.1, 0.15) is 29.7 Å². The van der Waals surface area contributed by atoms with E-state index in [9.17, 15) is 13.6 Å². The zero-order chi connectivity index (χ0) is 16.8. The van der Waals surface area contributed by atoms with Gasteiger partial charge in [-0.15, -0.1) is 0 Å². The molecule has 2 aromatic rings. The lowest BCUT2D eigenvalue weighted by molar-refractivity contribution is 0.247. The highest BCUT2D eigenvalue weighted by molar-refractivity contribution is 6.30. The molecule has 2 aromatic carbocycles. The molecule has 2 N–H and O–H groups in total. The molecule has 0 aliphatic carbocycles. The first-order chi connectivity index (χ1) is 11.0. The Morgan fingerprint density at radius 1 is 1.22 bits per heavy atom. The van der Waals surface area contributed by atoms with E-state index in [0.29, 0.717) is 10.8 Å². The number of benzene rings is 2. The third-order valence-corrected chi connectivity index (χ3v) is 3.22. The molecule has 4 nitrogen and oxygen atoms in total. The summed E-state index contributed by atoms with van der Waals surface area (Å²) in [6, 6.07) is 7.81. The highest BCUT2D eigenvalue weighted by Gasteiger charge is 2.11. The van der Waals surface area contributed by atoms with Crippen molar-refractivity contribution in [3.63, 3.8) is 0 Å². The molecule has 23 heavy (non-hydrogen) atoms. The summed E-state index contributed by atoms with van der Waals surface area (Å²) in [6.45, 7) is 2.22. The second kappa shape index (κ2) is 7.78. The van der Waals surface area contributed by atoms with Crippen LogP contribution in [0.1, 0.15) is 5.56 Å². The summed E-state index contributed by atoms with van der Waals surface area (Å²) in [5.74, 6) is -1.03. The molecule has 122 valence electrons. The summed E-state index contributed by atoms with van der Waals surface area (Å²) in [6.07, 6.45) is 0. The zero-order valence-electron chi connectivity index (χ0n) is 12.3. The normalized spacial score (nSPS) is 10.3. The van der Waals surface area contributed by atoms with Crippen molar-refractivity contribution in [2.45, 2.75) is 6.92 Å². The number of aryl methyl sites for hydroxylation is 1. The van der Waals surface area contributed by atoms with Crippen LogP contribution in [0.5, 0.6) is 5.75 Å². The van der Waals surface area contributed by atoms with Crippen LogP contribution in [0.4, 0.5) is 19.3 Å². The Labute approximate surface area is 137 Å². The predicted octanol–water partition coefficient (Wildman–Crippen LogP) is 4.13. The van der Waals surface area contributed by atoms with Crippen LogP contribution in [0, 0.1) is 18.6 Å². The van der Waals surface area contributed by atoms with E-state index >= 15 is 0 Å². The van der Waals surface area contributed by atoms with E-state index in [0.717, 1.165) is 17.7 Å². The van der Waals surface area contributed by atoms with Gasteiger partial charge >= 0.3 is 6.03 Å². The van der Waals surface area contributed by atoms with Crippen molar-refractivity contribution in [3.05, 3.63) is 58.6 Å². The van der Waals surface area contributed by atoms with Crippen LogP contribution < -0.4 is 15.4 Å². The van der Waals surface area contributed by atoms with Gasteiger partial charge in [0.15, 0.2) is 0 Å². The monoisotopic (exact) mass is 340 g/mol. The maximum atomic E-state index is 13.4. The maximum Gasteiger partial charge on any atom is 0.319 e. The fourth-order valence-electron chi connectivity index (χ4n) is 1.88. The summed E-state index contributed by atoms with van der Waals surface area (Å²) >= 11 is 5.84. The first-order valence-corrected chi connectivity index (χ1v) is 7.23. The van der Waals surface area contributed by atoms with Crippen LogP contribution in [-0.2, 0) is 0 Å². The average Bonchev–Trinajstić information content (AvgIpc) is 2.49. The maximum absolute atomic E-state index is 13.4. The molecule has 7 heteroatoms. The molecule has 0 saturated carbocycles. The molecule has 0 saturated heterocycles. The molecule has 0 bridgehead atoms. The van der Waals surface area contributed by atoms with E-state index in [4.69, 9.17) is 16.3 Å². The van der Waals surface area contributed by atoms with Crippen LogP contribution in [0.3, 0.4) is 0 Å². The Kier molecular flexibility index (Phi) is 5.76. The topological polar surface area (TPSA) is 50.4 Å². The van der Waals surface area contributed by atoms with Crippen LogP contribution in [0.2, 0.25) is 5.02 Å². The summed E-state index contributed by atoms with van der Waals surface area (Å²) in [5.41, 5.74) is 0.384. The van der Waals surface area contributed by atoms with E-state index in [-0.39, 0.29) is 13.2 Å². The summed E-state index contributed by atoms with van der Waals surface area (Å²) < 4.78 is 32.2. The van der Waals surface area contributed by atoms with Gasteiger partial charge in [-0.1, -0.05) is 17.7 Å². The van der Waals surface area contributed by atoms with Gasteiger partial charge in [0.05, 0.1) is 6.54 Å². The van der Waals surface area contributed by atoms with Crippen LogP contribution in [0.25, 0.3) is 0 Å². The highest BCUT2D eigenvalue weighted by atomic mass is 35.5. The van der Waals surface area contributed by atoms with Crippen molar-refractivity contribution in [2.75, 3.05) is 18.5 Å². The van der Waals surface area contributed by atoms with Gasteiger partial charge in [-0.05, 0) is 42.8 Å². The Morgan fingerprint density at radius 3 is 2.57 bits per heavy atom. The SMILES string of the molecule is Cc1cc(Cl)ccc1OCCNC(=O)Nc1c(F)cccc1F. The van der Waals surface area contributed by atoms with Gasteiger partial charge in [0, 0.05) is 5.02 Å². The number of amides is 2. The van der Waals surface area contributed by atoms with Crippen molar-refractivity contribution in [1.82, 2.24) is 5.32 Å². The molecule has 0 atom stereocenters. The molecular formula is C16H15ClF2N2O2. The number of carbonyl (C=O) groups is 1. The third kappa shape index (κ3) is 4.82. The van der Waals surface area contributed by atoms with E-state index < -0.39 is 23.4 Å². The Morgan fingerprint density at radius 2 is 1.91 bits per heavy atom. The minimum Gasteiger partial charge on any atom is -0.491 e. The lowest BCUT2D eigenvalue weighted by atomic mass is 10.2. The van der Waals surface area contributed by atoms with E-state index in [1.807, 2.05) is 6.92 Å². The number of rotatable bonds is 5. The van der Waals surface area contributed by atoms with Crippen molar-refractivity contribution < 1.29 is 18.3 Å². The number of ether oxygens (including phenoxy) is 1. The van der Waals surface area contributed by atoms with Gasteiger partial charge in [-0.2, -0.15) is 0 Å². The van der Waals surface area contributed by atoms with Gasteiger partial charge < -0.3 is 15.4 Å². The van der Waals surface area contributed by atoms with Crippen LogP contribution >= 0.6 is 11.6 Å². The zero-order valence-corrected chi connectivity index (χ0v) is 13.1. The first kappa shape index (κ1) is 17.0. The molecule has 0 spiro atoms. The molecule has 2 rings (SSSR count). The molecule has 0 aromatic heterocycles. The Hall–Kier alpha value is -2.34. The molecule has 0 radical (unpaired) electrons. The number of anilines is 1. The van der Waals surface area contributed by atoms with E-state index in [1.165, 1.54) is 6.07 Å². The minimum absolute atomic E-state index is 0.171. The lowest BCUT2D eigenvalue weighted by Crippen LogP contribution is -2.32. The standard InChI is InChI=1S/C16H15ClF2N2O2/c1-10-9-11(17)5-6-14(10)23-8-7-20-16(22)21-15-12(18)3-2-4-13(15)19/h2-6,9H,7-8H2,1H3,(H2,20,21,22). The Bertz CT molecular complexity index is 690. The van der Waals surface area contributed by atoms with Crippen LogP contribution in [0.15, 0.2) is 36.4 Å². The Balaban J connectivity index is 1.79. The van der Waals surface area contributed by atoms with E-state index in [1.54, 1.807) is 18.2 Å². The van der Waals surface area contributed by atoms with Crippen molar-refractivity contribution in [2.24, 2.45) is 0 Å². The molecular weight excluding hydrogens is 326 g/mol. The number of halogens is 3. The lowest BCUT2D eigenvalue weighted by Gasteiger charge is -2.11. The molecule has 0 unspecified atom stereocenters. The van der Waals surface area contributed by atoms with E-state index in [2.05, 4.69) is 10.6 Å². The number of hydrogen-bond donors (Lipinski definition) is 2. The summed E-state index contributed by atoms with van der Waals surface area (Å²) in [5, 5.41) is 5.19. The fraction of sp³-hybridized carbons (Fsp3) is 0.188. The number of hydrogen-bond acceptors (Lipinski definition) is 2. The predicted molar refractivity (Wildman–Crippen MR) is 85.1 cm³/mol. The minimum atomic E-state index is -0.840. The first-order valence-electron chi connectivity index (χ1n) is 6.85. The number of para-hydroxylation sites is 1. The fourth-order valence-corrected chi connectivity index (χ4v) is 2.10. The van der Waals surface area contributed by atoms with Crippen LogP contribution in [-0.4, -0.2) is 19.2 Å². The van der Waals surface area contributed by atoms with Gasteiger partial charge in [-0.25, -0.2) is 13.6 Å². The number of urea groups is 1. The average molecular weight is 341 g/mol. The summed E-state index contributed by atoms with van der Waals surface area (Å²) in [7, 11) is 0. The molecule has 2 amide bonds. The second-order valence-electron chi connectivity index (χ2n) is 4.74. The van der Waals surface area contributed by atoms with Gasteiger partial charge in [0.25, 0.3) is 0 Å². The summed E-state index contributed by atoms with van der Waals surface area (Å²) in [4.78, 5) is 11.6. The number of nitrogens with one attached hydrogen (secondary N) is 2. The molecule has 0 fully saturated rings. The van der Waals surface area contributed by atoms with Crippen molar-refractivity contribution in [3.8, 4) is 5.75 Å². The molecule has 0 heterocycles. The second-order valence-corrected chi connectivity index (χ2v) is 5.17. The van der Waals surface area contributed by atoms with Gasteiger partial charge in [-0.3, -0.25) is 0 Å². The van der Waals surface area contributed by atoms with Gasteiger partial charge in [0.2, 0.25) is 0 Å². The highest BCUT2D eigenvalue weighted by Crippen LogP contribution is 2.21. The smallest absolute Gasteiger partial charge is 0.319 e. The van der Waals surface area contributed by atoms with Crippen molar-refractivity contribution >= 4 is 23.3 Å².